The number of nitrogens with zero attached hydrogens (tertiary/aromatic N) is 1. The standard InChI is InChI=1S/C12H17N3O3.ClH/c1-9(12(17)15-5-3-13-4-6-15)14-11(16)10-2-7-18-8-10;/h2,7-9,13H,3-6H2,1H3,(H,14,16);1H. The highest BCUT2D eigenvalue weighted by molar-refractivity contribution is 5.97. The molecule has 1 aliphatic heterocycles. The lowest BCUT2D eigenvalue weighted by atomic mass is 10.2. The molecule has 0 saturated carbocycles. The van der Waals surface area contributed by atoms with Crippen LogP contribution in [0.15, 0.2) is 23.0 Å². The van der Waals surface area contributed by atoms with Crippen LogP contribution in [0.25, 0.3) is 0 Å². The zero-order chi connectivity index (χ0) is 13.0. The lowest BCUT2D eigenvalue weighted by Crippen LogP contribution is -2.53. The number of piperazine rings is 1. The molecule has 6 nitrogen and oxygen atoms in total. The van der Waals surface area contributed by atoms with Crippen LogP contribution in [0.5, 0.6) is 0 Å². The normalized spacial score (nSPS) is 16.4. The number of rotatable bonds is 3. The summed E-state index contributed by atoms with van der Waals surface area (Å²) < 4.78 is 4.83. The van der Waals surface area contributed by atoms with Crippen molar-refractivity contribution in [3.05, 3.63) is 24.2 Å². The summed E-state index contributed by atoms with van der Waals surface area (Å²) in [5.41, 5.74) is 0.426. The van der Waals surface area contributed by atoms with E-state index in [0.29, 0.717) is 18.7 Å². The number of hydrogen-bond acceptors (Lipinski definition) is 4. The third-order valence-electron chi connectivity index (χ3n) is 2.93. The van der Waals surface area contributed by atoms with Gasteiger partial charge in [0.2, 0.25) is 5.91 Å². The average Bonchev–Trinajstić information content (AvgIpc) is 2.92. The van der Waals surface area contributed by atoms with Gasteiger partial charge in [0.1, 0.15) is 12.3 Å². The lowest BCUT2D eigenvalue weighted by molar-refractivity contribution is -0.133. The SMILES string of the molecule is CC(NC(=O)c1ccoc1)C(=O)N1CCNCC1.Cl. The van der Waals surface area contributed by atoms with Crippen LogP contribution in [0.2, 0.25) is 0 Å². The van der Waals surface area contributed by atoms with Gasteiger partial charge in [0.15, 0.2) is 0 Å². The van der Waals surface area contributed by atoms with Gasteiger partial charge in [0.05, 0.1) is 11.8 Å². The van der Waals surface area contributed by atoms with Gasteiger partial charge in [0, 0.05) is 26.2 Å². The third kappa shape index (κ3) is 3.97. The quantitative estimate of drug-likeness (QED) is 0.836. The van der Waals surface area contributed by atoms with E-state index in [1.54, 1.807) is 17.9 Å². The maximum atomic E-state index is 12.1. The Kier molecular flexibility index (Phi) is 5.85. The molecule has 2 amide bonds. The van der Waals surface area contributed by atoms with Crippen LogP contribution < -0.4 is 10.6 Å². The van der Waals surface area contributed by atoms with Crippen LogP contribution in [0.4, 0.5) is 0 Å². The first-order valence-electron chi connectivity index (χ1n) is 6.01. The predicted molar refractivity (Wildman–Crippen MR) is 72.3 cm³/mol. The number of halogens is 1. The number of amides is 2. The van der Waals surface area contributed by atoms with Crippen molar-refractivity contribution < 1.29 is 14.0 Å². The maximum absolute atomic E-state index is 12.1. The van der Waals surface area contributed by atoms with Gasteiger partial charge in [-0.1, -0.05) is 0 Å². The fourth-order valence-electron chi connectivity index (χ4n) is 1.89. The molecule has 1 unspecified atom stereocenters. The molecule has 19 heavy (non-hydrogen) atoms. The van der Waals surface area contributed by atoms with E-state index < -0.39 is 6.04 Å². The molecule has 0 bridgehead atoms. The largest absolute Gasteiger partial charge is 0.472 e. The molecule has 7 heteroatoms. The molecule has 0 aromatic carbocycles. The van der Waals surface area contributed by atoms with Gasteiger partial charge in [-0.05, 0) is 13.0 Å². The average molecular weight is 288 g/mol. The molecule has 1 saturated heterocycles. The summed E-state index contributed by atoms with van der Waals surface area (Å²) in [7, 11) is 0. The van der Waals surface area contributed by atoms with Crippen LogP contribution in [0.1, 0.15) is 17.3 Å². The van der Waals surface area contributed by atoms with E-state index in [9.17, 15) is 9.59 Å². The Labute approximate surface area is 117 Å². The van der Waals surface area contributed by atoms with Gasteiger partial charge in [0.25, 0.3) is 5.91 Å². The number of carbonyl (C=O) groups excluding carboxylic acids is 2. The number of furan rings is 1. The van der Waals surface area contributed by atoms with Crippen molar-refractivity contribution in [2.24, 2.45) is 0 Å². The van der Waals surface area contributed by atoms with E-state index in [1.807, 2.05) is 0 Å². The topological polar surface area (TPSA) is 74.6 Å². The minimum absolute atomic E-state index is 0. The van der Waals surface area contributed by atoms with Crippen LogP contribution >= 0.6 is 12.4 Å². The van der Waals surface area contributed by atoms with Crippen LogP contribution in [-0.2, 0) is 4.79 Å². The Morgan fingerprint density at radius 3 is 2.68 bits per heavy atom. The summed E-state index contributed by atoms with van der Waals surface area (Å²) in [5, 5.41) is 5.85. The minimum atomic E-state index is -0.523. The zero-order valence-corrected chi connectivity index (χ0v) is 11.5. The van der Waals surface area contributed by atoms with Crippen molar-refractivity contribution in [3.8, 4) is 0 Å². The predicted octanol–water partition coefficient (Wildman–Crippen LogP) is 0.252. The first-order chi connectivity index (χ1) is 8.68. The lowest BCUT2D eigenvalue weighted by Gasteiger charge is -2.29. The summed E-state index contributed by atoms with van der Waals surface area (Å²) in [5.74, 6) is -0.340. The Bertz CT molecular complexity index is 416. The maximum Gasteiger partial charge on any atom is 0.255 e. The van der Waals surface area contributed by atoms with E-state index in [0.717, 1.165) is 13.1 Å². The summed E-state index contributed by atoms with van der Waals surface area (Å²) in [6, 6.07) is 1.04. The molecular weight excluding hydrogens is 270 g/mol. The highest BCUT2D eigenvalue weighted by Gasteiger charge is 2.23. The smallest absolute Gasteiger partial charge is 0.255 e. The van der Waals surface area contributed by atoms with Gasteiger partial charge in [-0.3, -0.25) is 9.59 Å². The summed E-state index contributed by atoms with van der Waals surface area (Å²) in [6.07, 6.45) is 2.79. The van der Waals surface area contributed by atoms with E-state index in [-0.39, 0.29) is 24.2 Å². The molecule has 106 valence electrons. The van der Waals surface area contributed by atoms with Crippen molar-refractivity contribution >= 4 is 24.2 Å². The van der Waals surface area contributed by atoms with Crippen molar-refractivity contribution in [3.63, 3.8) is 0 Å². The van der Waals surface area contributed by atoms with Crippen LogP contribution in [0.3, 0.4) is 0 Å². The molecule has 0 radical (unpaired) electrons. The molecule has 2 N–H and O–H groups in total. The summed E-state index contributed by atoms with van der Waals surface area (Å²) in [4.78, 5) is 25.6. The second-order valence-electron chi connectivity index (χ2n) is 4.28. The van der Waals surface area contributed by atoms with Crippen molar-refractivity contribution in [1.29, 1.82) is 0 Å². The second kappa shape index (κ2) is 7.16. The molecular formula is C12H18ClN3O3. The molecule has 1 aliphatic rings. The molecule has 0 spiro atoms. The molecule has 1 aromatic rings. The number of hydrogen-bond donors (Lipinski definition) is 2. The summed E-state index contributed by atoms with van der Waals surface area (Å²) >= 11 is 0. The van der Waals surface area contributed by atoms with Gasteiger partial charge in [-0.15, -0.1) is 12.4 Å². The van der Waals surface area contributed by atoms with Crippen molar-refractivity contribution in [2.45, 2.75) is 13.0 Å². The molecule has 1 aromatic heterocycles. The third-order valence-corrected chi connectivity index (χ3v) is 2.93. The minimum Gasteiger partial charge on any atom is -0.472 e. The van der Waals surface area contributed by atoms with Crippen LogP contribution in [0, 0.1) is 0 Å². The molecule has 2 heterocycles. The highest BCUT2D eigenvalue weighted by Crippen LogP contribution is 2.02. The van der Waals surface area contributed by atoms with Gasteiger partial charge in [-0.2, -0.15) is 0 Å². The molecule has 0 aliphatic carbocycles. The highest BCUT2D eigenvalue weighted by atomic mass is 35.5. The van der Waals surface area contributed by atoms with Gasteiger partial charge < -0.3 is 20.0 Å². The summed E-state index contributed by atoms with van der Waals surface area (Å²) in [6.45, 7) is 4.67. The van der Waals surface area contributed by atoms with Gasteiger partial charge in [-0.25, -0.2) is 0 Å². The zero-order valence-electron chi connectivity index (χ0n) is 10.7. The van der Waals surface area contributed by atoms with E-state index in [1.165, 1.54) is 12.5 Å². The Morgan fingerprint density at radius 1 is 1.42 bits per heavy atom. The fourth-order valence-corrected chi connectivity index (χ4v) is 1.89. The Hall–Kier alpha value is -1.53. The first-order valence-corrected chi connectivity index (χ1v) is 6.01. The first kappa shape index (κ1) is 15.5. The molecule has 2 rings (SSSR count). The monoisotopic (exact) mass is 287 g/mol. The molecule has 1 atom stereocenters. The van der Waals surface area contributed by atoms with Crippen molar-refractivity contribution in [2.75, 3.05) is 26.2 Å². The number of nitrogens with one attached hydrogen (secondary N) is 2. The van der Waals surface area contributed by atoms with Crippen molar-refractivity contribution in [1.82, 2.24) is 15.5 Å². The molecule has 1 fully saturated rings. The fraction of sp³-hybridized carbons (Fsp3) is 0.500. The Morgan fingerprint density at radius 2 is 2.11 bits per heavy atom. The van der Waals surface area contributed by atoms with Gasteiger partial charge >= 0.3 is 0 Å². The Balaban J connectivity index is 0.00000180. The van der Waals surface area contributed by atoms with Crippen LogP contribution in [-0.4, -0.2) is 48.9 Å². The van der Waals surface area contributed by atoms with E-state index >= 15 is 0 Å². The van der Waals surface area contributed by atoms with E-state index in [4.69, 9.17) is 4.42 Å². The number of carbonyl (C=O) groups is 2. The second-order valence-corrected chi connectivity index (χ2v) is 4.28. The van der Waals surface area contributed by atoms with E-state index in [2.05, 4.69) is 10.6 Å².